The molecule has 0 atom stereocenters. The van der Waals surface area contributed by atoms with E-state index in [1.807, 2.05) is 0 Å². The summed E-state index contributed by atoms with van der Waals surface area (Å²) >= 11 is 5.65. The molecule has 0 aliphatic carbocycles. The zero-order valence-corrected chi connectivity index (χ0v) is 6.65. The van der Waals surface area contributed by atoms with Crippen LogP contribution >= 0.6 is 11.6 Å². The largest absolute Gasteiger partial charge is 0.251 e. The number of nitrogens with zero attached hydrogens (tertiary/aromatic N) is 4. The Hall–Kier alpha value is -1.49. The van der Waals surface area contributed by atoms with E-state index in [4.69, 9.17) is 11.6 Å². The molecular formula is C6H4ClN5. The summed E-state index contributed by atoms with van der Waals surface area (Å²) in [5.74, 6) is 0.465. The molecule has 0 unspecified atom stereocenters. The van der Waals surface area contributed by atoms with Crippen molar-refractivity contribution < 1.29 is 0 Å². The van der Waals surface area contributed by atoms with Gasteiger partial charge in [0.2, 0.25) is 5.82 Å². The SMILES string of the molecule is Clc1ccc(-c2nn[nH]n2)nc1. The van der Waals surface area contributed by atoms with Crippen LogP contribution in [0.2, 0.25) is 5.02 Å². The molecule has 5 nitrogen and oxygen atoms in total. The van der Waals surface area contributed by atoms with Crippen LogP contribution < -0.4 is 0 Å². The van der Waals surface area contributed by atoms with Gasteiger partial charge in [0.25, 0.3) is 0 Å². The predicted molar refractivity (Wildman–Crippen MR) is 42.4 cm³/mol. The van der Waals surface area contributed by atoms with Crippen molar-refractivity contribution in [2.75, 3.05) is 0 Å². The van der Waals surface area contributed by atoms with Crippen LogP contribution in [0.5, 0.6) is 0 Å². The van der Waals surface area contributed by atoms with E-state index in [-0.39, 0.29) is 0 Å². The third-order valence-electron chi connectivity index (χ3n) is 1.30. The van der Waals surface area contributed by atoms with Gasteiger partial charge in [0.15, 0.2) is 0 Å². The van der Waals surface area contributed by atoms with E-state index in [1.165, 1.54) is 6.20 Å². The van der Waals surface area contributed by atoms with E-state index in [9.17, 15) is 0 Å². The van der Waals surface area contributed by atoms with E-state index in [2.05, 4.69) is 25.6 Å². The lowest BCUT2D eigenvalue weighted by Gasteiger charge is -1.91. The first-order valence-corrected chi connectivity index (χ1v) is 3.59. The average molecular weight is 182 g/mol. The fourth-order valence-corrected chi connectivity index (χ4v) is 0.890. The van der Waals surface area contributed by atoms with Crippen LogP contribution in [0.25, 0.3) is 11.5 Å². The summed E-state index contributed by atoms with van der Waals surface area (Å²) in [5, 5.41) is 13.9. The molecule has 2 heterocycles. The maximum absolute atomic E-state index is 5.65. The minimum Gasteiger partial charge on any atom is -0.251 e. The second kappa shape index (κ2) is 2.86. The van der Waals surface area contributed by atoms with Crippen LogP contribution in [0, 0.1) is 0 Å². The minimum atomic E-state index is 0.465. The number of tetrazole rings is 1. The Balaban J connectivity index is 2.43. The van der Waals surface area contributed by atoms with E-state index in [0.29, 0.717) is 16.5 Å². The Labute approximate surface area is 72.8 Å². The van der Waals surface area contributed by atoms with Crippen LogP contribution in [0.3, 0.4) is 0 Å². The molecule has 0 radical (unpaired) electrons. The van der Waals surface area contributed by atoms with Gasteiger partial charge < -0.3 is 0 Å². The highest BCUT2D eigenvalue weighted by molar-refractivity contribution is 6.30. The first kappa shape index (κ1) is 7.17. The molecule has 1 N–H and O–H groups in total. The van der Waals surface area contributed by atoms with Gasteiger partial charge in [-0.05, 0) is 17.3 Å². The summed E-state index contributed by atoms with van der Waals surface area (Å²) in [5.41, 5.74) is 0.646. The summed E-state index contributed by atoms with van der Waals surface area (Å²) in [6.45, 7) is 0. The maximum Gasteiger partial charge on any atom is 0.222 e. The fourth-order valence-electron chi connectivity index (χ4n) is 0.778. The second-order valence-corrected chi connectivity index (χ2v) is 2.53. The summed E-state index contributed by atoms with van der Waals surface area (Å²) in [7, 11) is 0. The summed E-state index contributed by atoms with van der Waals surface area (Å²) in [6, 6.07) is 3.45. The molecule has 0 amide bonds. The van der Waals surface area contributed by atoms with Crippen molar-refractivity contribution in [2.45, 2.75) is 0 Å². The molecule has 6 heteroatoms. The highest BCUT2D eigenvalue weighted by Crippen LogP contribution is 2.12. The van der Waals surface area contributed by atoms with Gasteiger partial charge in [-0.15, -0.1) is 10.2 Å². The Kier molecular flexibility index (Phi) is 1.71. The number of pyridine rings is 1. The standard InChI is InChI=1S/C6H4ClN5/c7-4-1-2-5(8-3-4)6-9-11-12-10-6/h1-3H,(H,9,10,11,12). The van der Waals surface area contributed by atoms with Crippen LogP contribution in [-0.4, -0.2) is 25.6 Å². The van der Waals surface area contributed by atoms with Crippen LogP contribution in [0.15, 0.2) is 18.3 Å². The molecule has 0 saturated heterocycles. The number of H-pyrrole nitrogens is 1. The Morgan fingerprint density at radius 1 is 1.33 bits per heavy atom. The minimum absolute atomic E-state index is 0.465. The van der Waals surface area contributed by atoms with Gasteiger partial charge >= 0.3 is 0 Å². The number of aromatic nitrogens is 5. The van der Waals surface area contributed by atoms with Crippen molar-refractivity contribution in [1.29, 1.82) is 0 Å². The average Bonchev–Trinajstić information content (AvgIpc) is 2.58. The van der Waals surface area contributed by atoms with Crippen LogP contribution in [-0.2, 0) is 0 Å². The Bertz CT molecular complexity index is 354. The van der Waals surface area contributed by atoms with Crippen molar-refractivity contribution in [2.24, 2.45) is 0 Å². The number of aromatic amines is 1. The van der Waals surface area contributed by atoms with Gasteiger partial charge in [0, 0.05) is 6.20 Å². The van der Waals surface area contributed by atoms with Gasteiger partial charge in [-0.3, -0.25) is 4.98 Å². The van der Waals surface area contributed by atoms with Gasteiger partial charge in [-0.1, -0.05) is 11.6 Å². The molecule has 0 aliphatic rings. The number of hydrogen-bond acceptors (Lipinski definition) is 4. The predicted octanol–water partition coefficient (Wildman–Crippen LogP) is 0.915. The van der Waals surface area contributed by atoms with Crippen LogP contribution in [0.1, 0.15) is 0 Å². The molecule has 0 fully saturated rings. The summed E-state index contributed by atoms with van der Waals surface area (Å²) in [4.78, 5) is 4.00. The quantitative estimate of drug-likeness (QED) is 0.710. The molecule has 2 aromatic heterocycles. The van der Waals surface area contributed by atoms with Crippen molar-refractivity contribution in [3.05, 3.63) is 23.4 Å². The van der Waals surface area contributed by atoms with Gasteiger partial charge in [-0.25, -0.2) is 0 Å². The lowest BCUT2D eigenvalue weighted by molar-refractivity contribution is 0.881. The zero-order chi connectivity index (χ0) is 8.39. The smallest absolute Gasteiger partial charge is 0.222 e. The molecule has 0 spiro atoms. The van der Waals surface area contributed by atoms with Crippen molar-refractivity contribution in [3.8, 4) is 11.5 Å². The van der Waals surface area contributed by atoms with Crippen molar-refractivity contribution in [3.63, 3.8) is 0 Å². The van der Waals surface area contributed by atoms with E-state index in [1.54, 1.807) is 12.1 Å². The number of halogens is 1. The van der Waals surface area contributed by atoms with Crippen molar-refractivity contribution >= 4 is 11.6 Å². The second-order valence-electron chi connectivity index (χ2n) is 2.10. The molecule has 0 bridgehead atoms. The van der Waals surface area contributed by atoms with Gasteiger partial charge in [-0.2, -0.15) is 5.21 Å². The molecule has 12 heavy (non-hydrogen) atoms. The lowest BCUT2D eigenvalue weighted by Crippen LogP contribution is -1.84. The van der Waals surface area contributed by atoms with Crippen LogP contribution in [0.4, 0.5) is 0 Å². The fraction of sp³-hybridized carbons (Fsp3) is 0. The summed E-state index contributed by atoms with van der Waals surface area (Å²) in [6.07, 6.45) is 1.53. The normalized spacial score (nSPS) is 10.1. The van der Waals surface area contributed by atoms with Gasteiger partial charge in [0.05, 0.1) is 5.02 Å². The number of rotatable bonds is 1. The van der Waals surface area contributed by atoms with E-state index < -0.39 is 0 Å². The molecule has 0 saturated carbocycles. The first-order valence-electron chi connectivity index (χ1n) is 3.21. The highest BCUT2D eigenvalue weighted by Gasteiger charge is 2.02. The third-order valence-corrected chi connectivity index (χ3v) is 1.53. The summed E-state index contributed by atoms with van der Waals surface area (Å²) < 4.78 is 0. The van der Waals surface area contributed by atoms with Gasteiger partial charge in [0.1, 0.15) is 5.69 Å². The topological polar surface area (TPSA) is 67.3 Å². The number of nitrogens with one attached hydrogen (secondary N) is 1. The zero-order valence-electron chi connectivity index (χ0n) is 5.90. The lowest BCUT2D eigenvalue weighted by atomic mass is 10.3. The Morgan fingerprint density at radius 3 is 2.83 bits per heavy atom. The third kappa shape index (κ3) is 1.26. The molecular weight excluding hydrogens is 178 g/mol. The monoisotopic (exact) mass is 181 g/mol. The van der Waals surface area contributed by atoms with Crippen molar-refractivity contribution in [1.82, 2.24) is 25.6 Å². The highest BCUT2D eigenvalue weighted by atomic mass is 35.5. The number of hydrogen-bond donors (Lipinski definition) is 1. The molecule has 2 aromatic rings. The molecule has 2 rings (SSSR count). The molecule has 0 aromatic carbocycles. The Morgan fingerprint density at radius 2 is 2.25 bits per heavy atom. The van der Waals surface area contributed by atoms with E-state index >= 15 is 0 Å². The molecule has 0 aliphatic heterocycles. The maximum atomic E-state index is 5.65. The first-order chi connectivity index (χ1) is 5.86. The van der Waals surface area contributed by atoms with E-state index in [0.717, 1.165) is 0 Å². The molecule has 60 valence electrons.